The minimum atomic E-state index is -3.05. The summed E-state index contributed by atoms with van der Waals surface area (Å²) in [5, 5.41) is 3.28. The van der Waals surface area contributed by atoms with E-state index in [1.807, 2.05) is 14.1 Å². The molecule has 2 fully saturated rings. The fraction of sp³-hybridized carbons (Fsp3) is 1.00. The lowest BCUT2D eigenvalue weighted by molar-refractivity contribution is 0.301. The van der Waals surface area contributed by atoms with Crippen LogP contribution in [0.25, 0.3) is 0 Å². The molecule has 2 heterocycles. The number of nitrogens with one attached hydrogen (secondary N) is 1. The SMILES string of the molecule is CN(C)C1CCN(S(=O)(=O)CC2CCNCC2)C1. The molecule has 0 aromatic heterocycles. The maximum Gasteiger partial charge on any atom is 0.214 e. The standard InChI is InChI=1S/C12H25N3O2S/c1-14(2)12-5-8-15(9-12)18(16,17)10-11-3-6-13-7-4-11/h11-13H,3-10H2,1-2H3. The molecule has 5 nitrogen and oxygen atoms in total. The maximum atomic E-state index is 12.4. The van der Waals surface area contributed by atoms with Crippen LogP contribution in [-0.4, -0.2) is 69.7 Å². The van der Waals surface area contributed by atoms with Crippen molar-refractivity contribution in [1.82, 2.24) is 14.5 Å². The fourth-order valence-electron chi connectivity index (χ4n) is 2.84. The van der Waals surface area contributed by atoms with E-state index >= 15 is 0 Å². The molecule has 6 heteroatoms. The Kier molecular flexibility index (Phi) is 4.64. The van der Waals surface area contributed by atoms with Gasteiger partial charge in [0.25, 0.3) is 0 Å². The van der Waals surface area contributed by atoms with Crippen LogP contribution in [0.4, 0.5) is 0 Å². The van der Waals surface area contributed by atoms with Crippen LogP contribution in [0.3, 0.4) is 0 Å². The highest BCUT2D eigenvalue weighted by molar-refractivity contribution is 7.89. The molecule has 106 valence electrons. The van der Waals surface area contributed by atoms with Gasteiger partial charge in [-0.3, -0.25) is 0 Å². The summed E-state index contributed by atoms with van der Waals surface area (Å²) in [5.74, 6) is 0.684. The van der Waals surface area contributed by atoms with Crippen molar-refractivity contribution in [2.24, 2.45) is 5.92 Å². The summed E-state index contributed by atoms with van der Waals surface area (Å²) in [7, 11) is 0.996. The predicted molar refractivity (Wildman–Crippen MR) is 73.0 cm³/mol. The third-order valence-electron chi connectivity index (χ3n) is 4.15. The monoisotopic (exact) mass is 275 g/mol. The summed E-state index contributed by atoms with van der Waals surface area (Å²) < 4.78 is 26.4. The number of nitrogens with zero attached hydrogens (tertiary/aromatic N) is 2. The van der Waals surface area contributed by atoms with Crippen molar-refractivity contribution in [3.63, 3.8) is 0 Å². The lowest BCUT2D eigenvalue weighted by atomic mass is 10.0. The van der Waals surface area contributed by atoms with Gasteiger partial charge in [-0.05, 0) is 52.4 Å². The molecular formula is C12H25N3O2S. The van der Waals surface area contributed by atoms with Crippen molar-refractivity contribution in [1.29, 1.82) is 0 Å². The van der Waals surface area contributed by atoms with Gasteiger partial charge in [-0.25, -0.2) is 12.7 Å². The summed E-state index contributed by atoms with van der Waals surface area (Å²) in [6.45, 7) is 3.28. The molecule has 1 atom stereocenters. The summed E-state index contributed by atoms with van der Waals surface area (Å²) >= 11 is 0. The largest absolute Gasteiger partial charge is 0.317 e. The molecule has 2 saturated heterocycles. The van der Waals surface area contributed by atoms with Gasteiger partial charge in [-0.1, -0.05) is 0 Å². The van der Waals surface area contributed by atoms with E-state index in [1.54, 1.807) is 4.31 Å². The predicted octanol–water partition coefficient (Wildman–Crippen LogP) is -0.0483. The van der Waals surface area contributed by atoms with E-state index in [-0.39, 0.29) is 0 Å². The maximum absolute atomic E-state index is 12.4. The van der Waals surface area contributed by atoms with Crippen molar-refractivity contribution in [2.45, 2.75) is 25.3 Å². The first-order chi connectivity index (χ1) is 8.49. The smallest absolute Gasteiger partial charge is 0.214 e. The highest BCUT2D eigenvalue weighted by atomic mass is 32.2. The minimum Gasteiger partial charge on any atom is -0.317 e. The number of likely N-dealkylation sites (N-methyl/N-ethyl adjacent to an activating group) is 1. The first kappa shape index (κ1) is 14.2. The summed E-state index contributed by atoms with van der Waals surface area (Å²) in [5.41, 5.74) is 0. The van der Waals surface area contributed by atoms with E-state index in [0.29, 0.717) is 30.8 Å². The second-order valence-electron chi connectivity index (χ2n) is 5.74. The lowest BCUT2D eigenvalue weighted by Crippen LogP contribution is -2.39. The van der Waals surface area contributed by atoms with Gasteiger partial charge in [0, 0.05) is 19.1 Å². The highest BCUT2D eigenvalue weighted by Crippen LogP contribution is 2.21. The second-order valence-corrected chi connectivity index (χ2v) is 7.75. The van der Waals surface area contributed by atoms with Crippen LogP contribution >= 0.6 is 0 Å². The molecule has 0 saturated carbocycles. The molecule has 1 unspecified atom stereocenters. The average Bonchev–Trinajstić information content (AvgIpc) is 2.79. The highest BCUT2D eigenvalue weighted by Gasteiger charge is 2.33. The van der Waals surface area contributed by atoms with Gasteiger partial charge in [-0.2, -0.15) is 0 Å². The van der Waals surface area contributed by atoms with Gasteiger partial charge in [0.05, 0.1) is 5.75 Å². The number of hydrogen-bond donors (Lipinski definition) is 1. The van der Waals surface area contributed by atoms with E-state index in [4.69, 9.17) is 0 Å². The molecule has 2 rings (SSSR count). The van der Waals surface area contributed by atoms with Gasteiger partial charge in [0.15, 0.2) is 0 Å². The normalized spacial score (nSPS) is 28.1. The Hall–Kier alpha value is -0.170. The van der Waals surface area contributed by atoms with Gasteiger partial charge in [0.1, 0.15) is 0 Å². The summed E-state index contributed by atoms with van der Waals surface area (Å²) in [4.78, 5) is 2.13. The van der Waals surface area contributed by atoms with Crippen molar-refractivity contribution in [3.8, 4) is 0 Å². The molecule has 0 aliphatic carbocycles. The Morgan fingerprint density at radius 3 is 2.44 bits per heavy atom. The van der Waals surface area contributed by atoms with Crippen LogP contribution in [0.15, 0.2) is 0 Å². The van der Waals surface area contributed by atoms with Crippen LogP contribution in [0, 0.1) is 5.92 Å². The molecule has 0 radical (unpaired) electrons. The van der Waals surface area contributed by atoms with Crippen LogP contribution in [0.1, 0.15) is 19.3 Å². The van der Waals surface area contributed by atoms with Gasteiger partial charge >= 0.3 is 0 Å². The van der Waals surface area contributed by atoms with E-state index in [2.05, 4.69) is 10.2 Å². The molecule has 1 N–H and O–H groups in total. The van der Waals surface area contributed by atoms with Crippen molar-refractivity contribution in [3.05, 3.63) is 0 Å². The zero-order valence-corrected chi connectivity index (χ0v) is 12.2. The lowest BCUT2D eigenvalue weighted by Gasteiger charge is -2.25. The van der Waals surface area contributed by atoms with Crippen LogP contribution in [0.5, 0.6) is 0 Å². The Balaban J connectivity index is 1.90. The number of sulfonamides is 1. The van der Waals surface area contributed by atoms with Crippen molar-refractivity contribution in [2.75, 3.05) is 46.0 Å². The summed E-state index contributed by atoms with van der Waals surface area (Å²) in [6, 6.07) is 0.382. The molecule has 2 aliphatic rings. The van der Waals surface area contributed by atoms with Crippen LogP contribution < -0.4 is 5.32 Å². The third kappa shape index (κ3) is 3.44. The molecule has 0 aromatic rings. The Bertz CT molecular complexity index is 364. The van der Waals surface area contributed by atoms with Gasteiger partial charge < -0.3 is 10.2 Å². The van der Waals surface area contributed by atoms with Gasteiger partial charge in [0.2, 0.25) is 10.0 Å². The second kappa shape index (κ2) is 5.86. The van der Waals surface area contributed by atoms with Crippen molar-refractivity contribution >= 4 is 10.0 Å². The van der Waals surface area contributed by atoms with E-state index < -0.39 is 10.0 Å². The molecule has 0 amide bonds. The zero-order chi connectivity index (χ0) is 13.2. The number of piperidine rings is 1. The van der Waals surface area contributed by atoms with E-state index in [9.17, 15) is 8.42 Å². The summed E-state index contributed by atoms with van der Waals surface area (Å²) in [6.07, 6.45) is 2.94. The molecule has 0 spiro atoms. The van der Waals surface area contributed by atoms with Gasteiger partial charge in [-0.15, -0.1) is 0 Å². The Labute approximate surface area is 111 Å². The first-order valence-electron chi connectivity index (χ1n) is 6.84. The zero-order valence-electron chi connectivity index (χ0n) is 11.4. The number of rotatable bonds is 4. The number of hydrogen-bond acceptors (Lipinski definition) is 4. The molecule has 0 aromatic carbocycles. The topological polar surface area (TPSA) is 52.7 Å². The molecular weight excluding hydrogens is 250 g/mol. The quantitative estimate of drug-likeness (QED) is 0.782. The average molecular weight is 275 g/mol. The Morgan fingerprint density at radius 2 is 1.89 bits per heavy atom. The molecule has 2 aliphatic heterocycles. The van der Waals surface area contributed by atoms with Crippen LogP contribution in [-0.2, 0) is 10.0 Å². The third-order valence-corrected chi connectivity index (χ3v) is 6.17. The molecule has 18 heavy (non-hydrogen) atoms. The van der Waals surface area contributed by atoms with E-state index in [0.717, 1.165) is 32.4 Å². The minimum absolute atomic E-state index is 0.342. The van der Waals surface area contributed by atoms with Crippen LogP contribution in [0.2, 0.25) is 0 Å². The van der Waals surface area contributed by atoms with Crippen molar-refractivity contribution < 1.29 is 8.42 Å². The van der Waals surface area contributed by atoms with E-state index in [1.165, 1.54) is 0 Å². The first-order valence-corrected chi connectivity index (χ1v) is 8.45. The Morgan fingerprint density at radius 1 is 1.22 bits per heavy atom. The fourth-order valence-corrected chi connectivity index (χ4v) is 4.76. The molecule has 0 bridgehead atoms.